The second-order valence-electron chi connectivity index (χ2n) is 6.21. The minimum atomic E-state index is -3.82. The number of ether oxygens (including phenoxy) is 1. The monoisotopic (exact) mass is 443 g/mol. The van der Waals surface area contributed by atoms with Crippen LogP contribution >= 0.6 is 11.8 Å². The highest BCUT2D eigenvalue weighted by Gasteiger charge is 2.24. The smallest absolute Gasteiger partial charge is 0.264 e. The zero-order valence-corrected chi connectivity index (χ0v) is 18.3. The van der Waals surface area contributed by atoms with Gasteiger partial charge in [0.05, 0.1) is 34.6 Å². The number of pyridine rings is 1. The topological polar surface area (TPSA) is 88.6 Å². The number of anilines is 2. The van der Waals surface area contributed by atoms with Crippen molar-refractivity contribution in [2.45, 2.75) is 9.92 Å². The van der Waals surface area contributed by atoms with Crippen molar-refractivity contribution < 1.29 is 17.9 Å². The Kier molecular flexibility index (Phi) is 6.63. The average Bonchev–Trinajstić information content (AvgIpc) is 2.79. The van der Waals surface area contributed by atoms with Gasteiger partial charge in [0.2, 0.25) is 0 Å². The van der Waals surface area contributed by atoms with E-state index in [0.717, 1.165) is 9.33 Å². The largest absolute Gasteiger partial charge is 0.495 e. The van der Waals surface area contributed by atoms with Crippen LogP contribution in [0.25, 0.3) is 0 Å². The molecule has 2 aromatic carbocycles. The summed E-state index contributed by atoms with van der Waals surface area (Å²) in [6.45, 7) is 0. The standard InChI is InChI=1S/C21H21N3O4S2/c1-24(18-6-4-5-7-19(18)28-2)30(26,27)17-11-8-15(9-12-17)21(25)23-16-10-13-20(29-3)22-14-16/h4-14H,1-3H3,(H,23,25). The van der Waals surface area contributed by atoms with E-state index in [1.54, 1.807) is 36.5 Å². The van der Waals surface area contributed by atoms with Crippen molar-refractivity contribution in [1.82, 2.24) is 4.98 Å². The number of aromatic nitrogens is 1. The van der Waals surface area contributed by atoms with Crippen LogP contribution in [-0.2, 0) is 10.0 Å². The Labute approximate surface area is 180 Å². The zero-order valence-electron chi connectivity index (χ0n) is 16.7. The lowest BCUT2D eigenvalue weighted by atomic mass is 10.2. The SMILES string of the molecule is COc1ccccc1N(C)S(=O)(=O)c1ccc(C(=O)Nc2ccc(SC)nc2)cc1. The molecule has 0 spiro atoms. The number of methoxy groups -OCH3 is 1. The van der Waals surface area contributed by atoms with E-state index in [0.29, 0.717) is 22.7 Å². The van der Waals surface area contributed by atoms with Gasteiger partial charge >= 0.3 is 0 Å². The number of para-hydroxylation sites is 2. The minimum Gasteiger partial charge on any atom is -0.495 e. The summed E-state index contributed by atoms with van der Waals surface area (Å²) in [6.07, 6.45) is 3.49. The van der Waals surface area contributed by atoms with Crippen LogP contribution in [0.15, 0.2) is 76.8 Å². The van der Waals surface area contributed by atoms with Gasteiger partial charge in [-0.3, -0.25) is 9.10 Å². The summed E-state index contributed by atoms with van der Waals surface area (Å²) in [6, 6.07) is 16.2. The molecule has 156 valence electrons. The number of sulfonamides is 1. The van der Waals surface area contributed by atoms with Gasteiger partial charge in [-0.25, -0.2) is 13.4 Å². The molecule has 0 saturated heterocycles. The molecule has 0 saturated carbocycles. The second-order valence-corrected chi connectivity index (χ2v) is 9.01. The third kappa shape index (κ3) is 4.58. The Balaban J connectivity index is 1.79. The maximum absolute atomic E-state index is 13.0. The van der Waals surface area contributed by atoms with E-state index in [4.69, 9.17) is 4.74 Å². The average molecular weight is 444 g/mol. The van der Waals surface area contributed by atoms with Gasteiger partial charge in [-0.15, -0.1) is 11.8 Å². The lowest BCUT2D eigenvalue weighted by molar-refractivity contribution is 0.102. The van der Waals surface area contributed by atoms with Crippen LogP contribution in [0, 0.1) is 0 Å². The Morgan fingerprint density at radius 2 is 1.77 bits per heavy atom. The fourth-order valence-corrected chi connectivity index (χ4v) is 4.30. The van der Waals surface area contributed by atoms with E-state index in [1.165, 1.54) is 50.2 Å². The fourth-order valence-electron chi connectivity index (χ4n) is 2.73. The van der Waals surface area contributed by atoms with Crippen molar-refractivity contribution in [3.63, 3.8) is 0 Å². The van der Waals surface area contributed by atoms with Crippen molar-refractivity contribution in [2.24, 2.45) is 0 Å². The van der Waals surface area contributed by atoms with Gasteiger partial charge in [0.15, 0.2) is 0 Å². The van der Waals surface area contributed by atoms with Gasteiger partial charge in [0, 0.05) is 12.6 Å². The number of amides is 1. The maximum Gasteiger partial charge on any atom is 0.264 e. The van der Waals surface area contributed by atoms with Crippen LogP contribution in [0.4, 0.5) is 11.4 Å². The molecule has 0 unspecified atom stereocenters. The molecule has 3 aromatic rings. The van der Waals surface area contributed by atoms with Gasteiger partial charge in [-0.2, -0.15) is 0 Å². The molecule has 1 amide bonds. The van der Waals surface area contributed by atoms with Crippen LogP contribution in [0.1, 0.15) is 10.4 Å². The third-order valence-electron chi connectivity index (χ3n) is 4.40. The molecule has 7 nitrogen and oxygen atoms in total. The summed E-state index contributed by atoms with van der Waals surface area (Å²) in [7, 11) is -0.884. The second kappa shape index (κ2) is 9.19. The molecule has 0 aliphatic rings. The van der Waals surface area contributed by atoms with Gasteiger partial charge in [-0.05, 0) is 54.8 Å². The minimum absolute atomic E-state index is 0.0680. The number of carbonyl (C=O) groups excluding carboxylic acids is 1. The van der Waals surface area contributed by atoms with Crippen molar-refractivity contribution in [3.8, 4) is 5.75 Å². The molecule has 0 atom stereocenters. The normalized spacial score (nSPS) is 11.0. The van der Waals surface area contributed by atoms with Gasteiger partial charge in [0.1, 0.15) is 5.75 Å². The first-order valence-electron chi connectivity index (χ1n) is 8.90. The van der Waals surface area contributed by atoms with Crippen LogP contribution < -0.4 is 14.4 Å². The highest BCUT2D eigenvalue weighted by molar-refractivity contribution is 7.98. The van der Waals surface area contributed by atoms with Gasteiger partial charge < -0.3 is 10.1 Å². The zero-order chi connectivity index (χ0) is 21.7. The summed E-state index contributed by atoms with van der Waals surface area (Å²) >= 11 is 1.51. The predicted octanol–water partition coefficient (Wildman–Crippen LogP) is 3.89. The number of carbonyl (C=O) groups is 1. The molecule has 0 bridgehead atoms. The molecule has 3 rings (SSSR count). The van der Waals surface area contributed by atoms with Crippen molar-refractivity contribution in [3.05, 3.63) is 72.4 Å². The summed E-state index contributed by atoms with van der Waals surface area (Å²) in [4.78, 5) is 16.7. The third-order valence-corrected chi connectivity index (χ3v) is 6.85. The van der Waals surface area contributed by atoms with Crippen LogP contribution in [-0.4, -0.2) is 39.7 Å². The van der Waals surface area contributed by atoms with Crippen LogP contribution in [0.5, 0.6) is 5.75 Å². The van der Waals surface area contributed by atoms with E-state index in [2.05, 4.69) is 10.3 Å². The first-order valence-corrected chi connectivity index (χ1v) is 11.6. The Morgan fingerprint density at radius 1 is 1.07 bits per heavy atom. The number of hydrogen-bond acceptors (Lipinski definition) is 6. The van der Waals surface area contributed by atoms with Crippen molar-refractivity contribution in [1.29, 1.82) is 0 Å². The number of nitrogens with one attached hydrogen (secondary N) is 1. The van der Waals surface area contributed by atoms with Gasteiger partial charge in [0.25, 0.3) is 15.9 Å². The number of rotatable bonds is 7. The number of nitrogens with zero attached hydrogens (tertiary/aromatic N) is 2. The predicted molar refractivity (Wildman–Crippen MR) is 119 cm³/mol. The number of benzene rings is 2. The summed E-state index contributed by atoms with van der Waals surface area (Å²) in [5, 5.41) is 3.59. The van der Waals surface area contributed by atoms with Crippen LogP contribution in [0.3, 0.4) is 0 Å². The maximum atomic E-state index is 13.0. The van der Waals surface area contributed by atoms with E-state index < -0.39 is 10.0 Å². The first kappa shape index (κ1) is 21.7. The number of hydrogen-bond donors (Lipinski definition) is 1. The number of thioether (sulfide) groups is 1. The van der Waals surface area contributed by atoms with Crippen molar-refractivity contribution >= 4 is 39.1 Å². The molecular formula is C21H21N3O4S2. The molecule has 1 aromatic heterocycles. The first-order chi connectivity index (χ1) is 14.4. The highest BCUT2D eigenvalue weighted by Crippen LogP contribution is 2.30. The van der Waals surface area contributed by atoms with E-state index in [-0.39, 0.29) is 10.8 Å². The molecule has 1 N–H and O–H groups in total. The molecule has 1 heterocycles. The fraction of sp³-hybridized carbons (Fsp3) is 0.143. The summed E-state index contributed by atoms with van der Waals surface area (Å²) in [5.74, 6) is 0.0939. The van der Waals surface area contributed by atoms with Gasteiger partial charge in [-0.1, -0.05) is 12.1 Å². The summed E-state index contributed by atoms with van der Waals surface area (Å²) in [5.41, 5.74) is 1.32. The quantitative estimate of drug-likeness (QED) is 0.558. The van der Waals surface area contributed by atoms with E-state index in [9.17, 15) is 13.2 Å². The lowest BCUT2D eigenvalue weighted by Crippen LogP contribution is -2.27. The summed E-state index contributed by atoms with van der Waals surface area (Å²) < 4.78 is 32.4. The van der Waals surface area contributed by atoms with Crippen molar-refractivity contribution in [2.75, 3.05) is 30.0 Å². The van der Waals surface area contributed by atoms with E-state index >= 15 is 0 Å². The van der Waals surface area contributed by atoms with Crippen LogP contribution in [0.2, 0.25) is 0 Å². The molecule has 0 aliphatic heterocycles. The molecule has 0 radical (unpaired) electrons. The molecule has 9 heteroatoms. The Bertz CT molecular complexity index is 1130. The van der Waals surface area contributed by atoms with E-state index in [1.807, 2.05) is 12.3 Å². The molecule has 0 aliphatic carbocycles. The molecule has 0 fully saturated rings. The molecule has 30 heavy (non-hydrogen) atoms. The Morgan fingerprint density at radius 3 is 2.37 bits per heavy atom. The Hall–Kier alpha value is -3.04. The highest BCUT2D eigenvalue weighted by atomic mass is 32.2. The lowest BCUT2D eigenvalue weighted by Gasteiger charge is -2.21. The molecular weight excluding hydrogens is 422 g/mol.